The van der Waals surface area contributed by atoms with E-state index in [-0.39, 0.29) is 11.9 Å². The van der Waals surface area contributed by atoms with Crippen LogP contribution in [0.4, 0.5) is 5.82 Å². The van der Waals surface area contributed by atoms with Gasteiger partial charge in [-0.3, -0.25) is 9.80 Å². The maximum atomic E-state index is 12.8. The maximum Gasteiger partial charge on any atom is 0.191 e. The number of nitrogens with zero attached hydrogens (tertiary/aromatic N) is 4. The molecular weight excluding hydrogens is 422 g/mol. The minimum atomic E-state index is -3.35. The fourth-order valence-corrected chi connectivity index (χ4v) is 5.90. The first-order valence-electron chi connectivity index (χ1n) is 11.6. The second-order valence-electron chi connectivity index (χ2n) is 9.25. The Kier molecular flexibility index (Phi) is 7.14. The largest absolute Gasteiger partial charge is 0.354 e. The van der Waals surface area contributed by atoms with E-state index in [2.05, 4.69) is 40.8 Å². The zero-order chi connectivity index (χ0) is 22.7. The predicted octanol–water partition coefficient (Wildman–Crippen LogP) is 2.43. The second kappa shape index (κ2) is 9.87. The van der Waals surface area contributed by atoms with Crippen LogP contribution in [-0.4, -0.2) is 80.4 Å². The fourth-order valence-electron chi connectivity index (χ4n) is 4.46. The van der Waals surface area contributed by atoms with Gasteiger partial charge in [0, 0.05) is 63.1 Å². The van der Waals surface area contributed by atoms with E-state index in [0.29, 0.717) is 10.9 Å². The number of nitrogens with two attached hydrogens (primary N) is 1. The van der Waals surface area contributed by atoms with Gasteiger partial charge in [-0.1, -0.05) is 12.1 Å². The molecule has 0 spiro atoms. The molecule has 2 aliphatic heterocycles. The first-order chi connectivity index (χ1) is 15.3. The van der Waals surface area contributed by atoms with Gasteiger partial charge in [-0.2, -0.15) is 0 Å². The lowest BCUT2D eigenvalue weighted by molar-refractivity contribution is 0.209. The summed E-state index contributed by atoms with van der Waals surface area (Å²) in [6.07, 6.45) is 3.58. The van der Waals surface area contributed by atoms with E-state index in [1.165, 1.54) is 0 Å². The number of sulfone groups is 1. The van der Waals surface area contributed by atoms with Crippen molar-refractivity contribution in [2.24, 2.45) is 5.73 Å². The molecule has 0 bridgehead atoms. The van der Waals surface area contributed by atoms with Gasteiger partial charge in [-0.25, -0.2) is 13.4 Å². The highest BCUT2D eigenvalue weighted by atomic mass is 32.2. The molecule has 1 aromatic heterocycles. The number of hydrogen-bond acceptors (Lipinski definition) is 7. The Morgan fingerprint density at radius 1 is 0.938 bits per heavy atom. The lowest BCUT2D eigenvalue weighted by atomic mass is 10.1. The molecule has 174 valence electrons. The fraction of sp³-hybridized carbons (Fsp3) is 0.542. The highest BCUT2D eigenvalue weighted by Gasteiger charge is 2.23. The Hall–Kier alpha value is -2.00. The van der Waals surface area contributed by atoms with Crippen LogP contribution in [0.15, 0.2) is 47.5 Å². The van der Waals surface area contributed by atoms with E-state index >= 15 is 0 Å². The monoisotopic (exact) mass is 457 g/mol. The number of anilines is 1. The summed E-state index contributed by atoms with van der Waals surface area (Å²) >= 11 is 0. The van der Waals surface area contributed by atoms with Crippen molar-refractivity contribution in [3.8, 4) is 11.1 Å². The van der Waals surface area contributed by atoms with Crippen LogP contribution in [0.3, 0.4) is 0 Å². The number of piperidine rings is 1. The van der Waals surface area contributed by atoms with Crippen molar-refractivity contribution in [3.63, 3.8) is 0 Å². The van der Waals surface area contributed by atoms with E-state index in [9.17, 15) is 8.42 Å². The normalized spacial score (nSPS) is 19.6. The first kappa shape index (κ1) is 23.2. The molecule has 2 fully saturated rings. The van der Waals surface area contributed by atoms with Gasteiger partial charge in [-0.05, 0) is 56.5 Å². The van der Waals surface area contributed by atoms with Gasteiger partial charge in [0.2, 0.25) is 0 Å². The van der Waals surface area contributed by atoms with Gasteiger partial charge >= 0.3 is 0 Å². The topological polar surface area (TPSA) is 82.8 Å². The Balaban J connectivity index is 1.38. The molecular formula is C24H35N5O2S. The van der Waals surface area contributed by atoms with Crippen LogP contribution in [0.5, 0.6) is 0 Å². The summed E-state index contributed by atoms with van der Waals surface area (Å²) in [5, 5.41) is 0. The van der Waals surface area contributed by atoms with Crippen molar-refractivity contribution < 1.29 is 8.42 Å². The summed E-state index contributed by atoms with van der Waals surface area (Å²) in [6, 6.07) is 12.1. The van der Waals surface area contributed by atoms with Gasteiger partial charge in [0.15, 0.2) is 9.84 Å². The molecule has 0 aliphatic carbocycles. The van der Waals surface area contributed by atoms with E-state index in [1.807, 2.05) is 23.2 Å². The highest BCUT2D eigenvalue weighted by Crippen LogP contribution is 2.24. The van der Waals surface area contributed by atoms with Gasteiger partial charge < -0.3 is 10.6 Å². The van der Waals surface area contributed by atoms with E-state index in [0.717, 1.165) is 69.1 Å². The summed E-state index contributed by atoms with van der Waals surface area (Å²) in [4.78, 5) is 11.8. The zero-order valence-electron chi connectivity index (χ0n) is 19.2. The van der Waals surface area contributed by atoms with Crippen molar-refractivity contribution in [2.45, 2.75) is 43.7 Å². The molecule has 3 heterocycles. The second-order valence-corrected chi connectivity index (χ2v) is 11.2. The number of pyridine rings is 1. The SMILES string of the molecule is CC(C)N1CCN(c2ccc(-c3ccc(S(=O)(=O)CN4CCC(N)CC4)cc3)cn2)CC1. The van der Waals surface area contributed by atoms with Crippen molar-refractivity contribution in [1.29, 1.82) is 0 Å². The molecule has 0 amide bonds. The minimum Gasteiger partial charge on any atom is -0.354 e. The molecule has 4 rings (SSSR count). The summed E-state index contributed by atoms with van der Waals surface area (Å²) in [5.74, 6) is 1.05. The lowest BCUT2D eigenvalue weighted by Gasteiger charge is -2.37. The molecule has 2 aromatic rings. The molecule has 2 aliphatic rings. The molecule has 0 saturated carbocycles. The molecule has 2 N–H and O–H groups in total. The van der Waals surface area contributed by atoms with Crippen LogP contribution < -0.4 is 10.6 Å². The standard InChI is InChI=1S/C24H35N5O2S/c1-19(2)28-13-15-29(16-14-28)24-8-5-21(17-26-24)20-3-6-23(7-4-20)32(30,31)18-27-11-9-22(25)10-12-27/h3-8,17,19,22H,9-16,18,25H2,1-2H3. The maximum absolute atomic E-state index is 12.8. The summed E-state index contributed by atoms with van der Waals surface area (Å²) in [6.45, 7) is 10.0. The Bertz CT molecular complexity index is 976. The predicted molar refractivity (Wildman–Crippen MR) is 129 cm³/mol. The van der Waals surface area contributed by atoms with Gasteiger partial charge in [-0.15, -0.1) is 0 Å². The highest BCUT2D eigenvalue weighted by molar-refractivity contribution is 7.91. The number of hydrogen-bond donors (Lipinski definition) is 1. The van der Waals surface area contributed by atoms with Gasteiger partial charge in [0.1, 0.15) is 11.7 Å². The zero-order valence-corrected chi connectivity index (χ0v) is 20.0. The van der Waals surface area contributed by atoms with Crippen LogP contribution in [0, 0.1) is 0 Å². The third-order valence-corrected chi connectivity index (χ3v) is 8.34. The molecule has 1 aromatic carbocycles. The van der Waals surface area contributed by atoms with E-state index < -0.39 is 9.84 Å². The lowest BCUT2D eigenvalue weighted by Crippen LogP contribution is -2.49. The van der Waals surface area contributed by atoms with Crippen LogP contribution in [0.1, 0.15) is 26.7 Å². The number of piperazine rings is 1. The summed E-state index contributed by atoms with van der Waals surface area (Å²) < 4.78 is 25.6. The minimum absolute atomic E-state index is 0.0550. The van der Waals surface area contributed by atoms with E-state index in [4.69, 9.17) is 5.73 Å². The molecule has 0 unspecified atom stereocenters. The van der Waals surface area contributed by atoms with E-state index in [1.54, 1.807) is 12.1 Å². The Morgan fingerprint density at radius 2 is 1.56 bits per heavy atom. The molecule has 2 saturated heterocycles. The number of rotatable bonds is 6. The Morgan fingerprint density at radius 3 is 2.12 bits per heavy atom. The van der Waals surface area contributed by atoms with Crippen molar-refractivity contribution in [2.75, 3.05) is 50.0 Å². The number of aromatic nitrogens is 1. The quantitative estimate of drug-likeness (QED) is 0.713. The molecule has 8 heteroatoms. The van der Waals surface area contributed by atoms with Crippen molar-refractivity contribution >= 4 is 15.7 Å². The average Bonchev–Trinajstić information content (AvgIpc) is 2.81. The van der Waals surface area contributed by atoms with Crippen molar-refractivity contribution in [3.05, 3.63) is 42.6 Å². The third kappa shape index (κ3) is 5.49. The first-order valence-corrected chi connectivity index (χ1v) is 13.2. The summed E-state index contributed by atoms with van der Waals surface area (Å²) in [5.41, 5.74) is 7.88. The van der Waals surface area contributed by atoms with Gasteiger partial charge in [0.25, 0.3) is 0 Å². The molecule has 0 radical (unpaired) electrons. The van der Waals surface area contributed by atoms with Gasteiger partial charge in [0.05, 0.1) is 4.90 Å². The van der Waals surface area contributed by atoms with Crippen LogP contribution >= 0.6 is 0 Å². The molecule has 32 heavy (non-hydrogen) atoms. The average molecular weight is 458 g/mol. The van der Waals surface area contributed by atoms with Crippen LogP contribution in [0.25, 0.3) is 11.1 Å². The third-order valence-electron chi connectivity index (χ3n) is 6.65. The number of benzene rings is 1. The summed E-state index contributed by atoms with van der Waals surface area (Å²) in [7, 11) is -3.35. The Labute approximate surface area is 192 Å². The molecule has 7 nitrogen and oxygen atoms in total. The van der Waals surface area contributed by atoms with Crippen LogP contribution in [0.2, 0.25) is 0 Å². The van der Waals surface area contributed by atoms with Crippen molar-refractivity contribution in [1.82, 2.24) is 14.8 Å². The van der Waals surface area contributed by atoms with Crippen LogP contribution in [-0.2, 0) is 9.84 Å². The molecule has 0 atom stereocenters. The smallest absolute Gasteiger partial charge is 0.191 e. The number of likely N-dealkylation sites (tertiary alicyclic amines) is 1.